The largest absolute Gasteiger partial charge is 0.472 e. The molecule has 17 nitrogen and oxygen atoms in total. The molecule has 19 heteroatoms. The van der Waals surface area contributed by atoms with Crippen LogP contribution in [0.25, 0.3) is 0 Å². The second-order valence-corrected chi connectivity index (χ2v) is 29.8. The van der Waals surface area contributed by atoms with Crippen molar-refractivity contribution in [3.8, 4) is 0 Å². The molecular formula is C70H136O17P2. The molecule has 0 aliphatic heterocycles. The maximum Gasteiger partial charge on any atom is 0.472 e. The summed E-state index contributed by atoms with van der Waals surface area (Å²) >= 11 is 0. The third kappa shape index (κ3) is 63.2. The van der Waals surface area contributed by atoms with Crippen molar-refractivity contribution in [3.63, 3.8) is 0 Å². The minimum atomic E-state index is -4.95. The molecular weight excluding hydrogens is 1170 g/mol. The number of phosphoric acid groups is 2. The molecule has 0 rings (SSSR count). The Kier molecular flexibility index (Phi) is 58.5. The average molecular weight is 1310 g/mol. The highest BCUT2D eigenvalue weighted by Gasteiger charge is 2.30. The second-order valence-electron chi connectivity index (χ2n) is 26.9. The number of esters is 4. The Morgan fingerprint density at radius 3 is 0.798 bits per heavy atom. The molecule has 0 aromatic rings. The molecule has 528 valence electrons. The number of hydrogen-bond acceptors (Lipinski definition) is 15. The average Bonchev–Trinajstić information content (AvgIpc) is 3.70. The fourth-order valence-electron chi connectivity index (χ4n) is 10.5. The number of aliphatic hydroxyl groups is 1. The lowest BCUT2D eigenvalue weighted by Crippen LogP contribution is -2.30. The zero-order valence-electron chi connectivity index (χ0n) is 58.1. The van der Waals surface area contributed by atoms with E-state index >= 15 is 0 Å². The summed E-state index contributed by atoms with van der Waals surface area (Å²) in [5.41, 5.74) is 0. The van der Waals surface area contributed by atoms with Crippen LogP contribution in [0.4, 0.5) is 0 Å². The molecule has 3 N–H and O–H groups in total. The summed E-state index contributed by atoms with van der Waals surface area (Å²) in [4.78, 5) is 72.4. The van der Waals surface area contributed by atoms with Crippen molar-refractivity contribution in [2.24, 2.45) is 23.7 Å². The van der Waals surface area contributed by atoms with Crippen LogP contribution in [0.2, 0.25) is 0 Å². The Morgan fingerprint density at radius 2 is 0.539 bits per heavy atom. The number of rotatable bonds is 67. The zero-order chi connectivity index (χ0) is 66.1. The quantitative estimate of drug-likeness (QED) is 0.0222. The van der Waals surface area contributed by atoms with Gasteiger partial charge in [-0.25, -0.2) is 9.13 Å². The SMILES string of the molecule is CCC(C)CCCCCCCCCCCCCCCCC(=O)O[C@H](COC(=O)CCCCCCCCC(C)C)COP(=O)(O)OC[C@H](O)COP(=O)(O)OC[C@@H](COC(=O)CCCCCCCCCCCCC(C)C)OC(=O)CCCCCCCCC(C)C. The molecule has 0 saturated heterocycles. The maximum atomic E-state index is 13.0. The van der Waals surface area contributed by atoms with Gasteiger partial charge in [-0.15, -0.1) is 0 Å². The second kappa shape index (κ2) is 59.8. The van der Waals surface area contributed by atoms with Gasteiger partial charge in [0.25, 0.3) is 0 Å². The van der Waals surface area contributed by atoms with E-state index in [-0.39, 0.29) is 25.7 Å². The molecule has 0 aliphatic rings. The normalized spacial score (nSPS) is 14.6. The lowest BCUT2D eigenvalue weighted by Gasteiger charge is -2.21. The van der Waals surface area contributed by atoms with E-state index in [1.54, 1.807) is 0 Å². The standard InChI is InChI=1S/C70H136O17P2/c1-9-63(8)49-41-33-23-19-14-12-10-11-13-15-21-25-36-44-52-69(74)86-65(57-81-68(73)51-43-35-28-26-31-39-47-61(4)5)58-84-88(76,77)82-54-64(71)55-83-89(78,79)85-59-66(87-70(75)53-45-37-29-27-32-40-48-62(6)7)56-80-67(72)50-42-34-24-20-17-16-18-22-30-38-46-60(2)3/h60-66,71H,9-59H2,1-8H3,(H,76,77)(H,78,79)/t63?,64-,65+,66+/m0/s1. The van der Waals surface area contributed by atoms with Gasteiger partial charge in [-0.1, -0.05) is 293 Å². The van der Waals surface area contributed by atoms with E-state index < -0.39 is 97.5 Å². The first-order valence-electron chi connectivity index (χ1n) is 36.2. The van der Waals surface area contributed by atoms with Gasteiger partial charge in [0.1, 0.15) is 19.3 Å². The molecule has 0 aromatic carbocycles. The summed E-state index contributed by atoms with van der Waals surface area (Å²) in [6.45, 7) is 14.0. The van der Waals surface area contributed by atoms with Crippen LogP contribution in [0, 0.1) is 23.7 Å². The summed E-state index contributed by atoms with van der Waals surface area (Å²) in [5, 5.41) is 10.6. The fourth-order valence-corrected chi connectivity index (χ4v) is 12.0. The lowest BCUT2D eigenvalue weighted by atomic mass is 9.99. The van der Waals surface area contributed by atoms with Crippen LogP contribution in [0.3, 0.4) is 0 Å². The molecule has 89 heavy (non-hydrogen) atoms. The van der Waals surface area contributed by atoms with E-state index in [0.717, 1.165) is 108 Å². The van der Waals surface area contributed by atoms with E-state index in [2.05, 4.69) is 55.4 Å². The first kappa shape index (κ1) is 87.1. The number of ether oxygens (including phenoxy) is 4. The first-order valence-corrected chi connectivity index (χ1v) is 39.2. The number of hydrogen-bond donors (Lipinski definition) is 3. The van der Waals surface area contributed by atoms with Gasteiger partial charge in [-0.05, 0) is 49.4 Å². The van der Waals surface area contributed by atoms with E-state index in [1.807, 2.05) is 0 Å². The predicted octanol–water partition coefficient (Wildman–Crippen LogP) is 19.7. The van der Waals surface area contributed by atoms with Gasteiger partial charge in [-0.3, -0.25) is 37.3 Å². The van der Waals surface area contributed by atoms with Gasteiger partial charge in [0.15, 0.2) is 12.2 Å². The minimum absolute atomic E-state index is 0.101. The smallest absolute Gasteiger partial charge is 0.462 e. The summed E-state index contributed by atoms with van der Waals surface area (Å²) < 4.78 is 68.2. The highest BCUT2D eigenvalue weighted by Crippen LogP contribution is 2.45. The van der Waals surface area contributed by atoms with Crippen LogP contribution >= 0.6 is 15.6 Å². The van der Waals surface area contributed by atoms with Crippen LogP contribution in [0.1, 0.15) is 344 Å². The van der Waals surface area contributed by atoms with Crippen molar-refractivity contribution in [2.75, 3.05) is 39.6 Å². The number of aliphatic hydroxyl groups excluding tert-OH is 1. The van der Waals surface area contributed by atoms with Crippen LogP contribution in [0.15, 0.2) is 0 Å². The molecule has 0 heterocycles. The number of unbranched alkanes of at least 4 members (excludes halogenated alkanes) is 32. The van der Waals surface area contributed by atoms with Crippen molar-refractivity contribution in [1.82, 2.24) is 0 Å². The van der Waals surface area contributed by atoms with Gasteiger partial charge < -0.3 is 33.8 Å². The molecule has 0 spiro atoms. The molecule has 0 bridgehead atoms. The topological polar surface area (TPSA) is 237 Å². The van der Waals surface area contributed by atoms with E-state index in [9.17, 15) is 43.2 Å². The highest BCUT2D eigenvalue weighted by atomic mass is 31.2. The van der Waals surface area contributed by atoms with Gasteiger partial charge in [0.2, 0.25) is 0 Å². The Labute approximate surface area is 543 Å². The summed E-state index contributed by atoms with van der Waals surface area (Å²) in [6.07, 6.45) is 42.0. The van der Waals surface area contributed by atoms with Gasteiger partial charge >= 0.3 is 39.5 Å². The third-order valence-electron chi connectivity index (χ3n) is 16.4. The summed E-state index contributed by atoms with van der Waals surface area (Å²) in [5.74, 6) is 0.818. The van der Waals surface area contributed by atoms with Crippen molar-refractivity contribution in [1.29, 1.82) is 0 Å². The number of carbonyl (C=O) groups excluding carboxylic acids is 4. The van der Waals surface area contributed by atoms with Crippen molar-refractivity contribution >= 4 is 39.5 Å². The van der Waals surface area contributed by atoms with E-state index in [4.69, 9.17) is 37.0 Å². The van der Waals surface area contributed by atoms with Crippen LogP contribution in [-0.2, 0) is 65.4 Å². The zero-order valence-corrected chi connectivity index (χ0v) is 59.8. The fraction of sp³-hybridized carbons (Fsp3) is 0.943. The third-order valence-corrected chi connectivity index (χ3v) is 18.3. The monoisotopic (exact) mass is 1310 g/mol. The van der Waals surface area contributed by atoms with Gasteiger partial charge in [0, 0.05) is 25.7 Å². The molecule has 0 saturated carbocycles. The molecule has 0 aromatic heterocycles. The van der Waals surface area contributed by atoms with Crippen LogP contribution in [0.5, 0.6) is 0 Å². The van der Waals surface area contributed by atoms with Crippen molar-refractivity contribution in [2.45, 2.75) is 363 Å². The van der Waals surface area contributed by atoms with Gasteiger partial charge in [0.05, 0.1) is 26.4 Å². The first-order chi connectivity index (χ1) is 42.6. The molecule has 0 fully saturated rings. The Morgan fingerprint density at radius 1 is 0.315 bits per heavy atom. The molecule has 0 aliphatic carbocycles. The summed E-state index contributed by atoms with van der Waals surface area (Å²) in [6, 6.07) is 0. The lowest BCUT2D eigenvalue weighted by molar-refractivity contribution is -0.161. The minimum Gasteiger partial charge on any atom is -0.462 e. The van der Waals surface area contributed by atoms with E-state index in [1.165, 1.54) is 141 Å². The van der Waals surface area contributed by atoms with Crippen LogP contribution < -0.4 is 0 Å². The van der Waals surface area contributed by atoms with Crippen molar-refractivity contribution < 1.29 is 80.2 Å². The Bertz CT molecular complexity index is 1770. The predicted molar refractivity (Wildman–Crippen MR) is 358 cm³/mol. The van der Waals surface area contributed by atoms with Crippen molar-refractivity contribution in [3.05, 3.63) is 0 Å². The molecule has 6 atom stereocenters. The molecule has 0 radical (unpaired) electrons. The molecule has 0 amide bonds. The maximum absolute atomic E-state index is 13.0. The summed E-state index contributed by atoms with van der Waals surface area (Å²) in [7, 11) is -9.90. The van der Waals surface area contributed by atoms with Gasteiger partial charge in [-0.2, -0.15) is 0 Å². The van der Waals surface area contributed by atoms with E-state index in [0.29, 0.717) is 37.5 Å². The Balaban J connectivity index is 5.18. The molecule has 3 unspecified atom stereocenters. The number of phosphoric ester groups is 2. The highest BCUT2D eigenvalue weighted by molar-refractivity contribution is 7.47. The Hall–Kier alpha value is -1.94. The number of carbonyl (C=O) groups is 4. The van der Waals surface area contributed by atoms with Crippen LogP contribution in [-0.4, -0.2) is 96.7 Å².